The van der Waals surface area contributed by atoms with E-state index in [0.29, 0.717) is 22.1 Å². The monoisotopic (exact) mass is 632 g/mol. The number of aromatic nitrogens is 7. The Hall–Kier alpha value is -5.05. The summed E-state index contributed by atoms with van der Waals surface area (Å²) in [7, 11) is 1.35. The predicted molar refractivity (Wildman–Crippen MR) is 152 cm³/mol. The van der Waals surface area contributed by atoms with Crippen LogP contribution in [0.2, 0.25) is 5.02 Å². The molecule has 0 fully saturated rings. The zero-order chi connectivity index (χ0) is 31.8. The van der Waals surface area contributed by atoms with Gasteiger partial charge in [-0.05, 0) is 36.8 Å². The molecule has 5 rings (SSSR count). The number of ether oxygens (including phenoxy) is 1. The first-order valence-electron chi connectivity index (χ1n) is 12.7. The Balaban J connectivity index is 1.63. The third-order valence-corrected chi connectivity index (χ3v) is 6.91. The predicted octanol–water partition coefficient (Wildman–Crippen LogP) is 6.18. The summed E-state index contributed by atoms with van der Waals surface area (Å²) in [6, 6.07) is 7.82. The van der Waals surface area contributed by atoms with Gasteiger partial charge in [-0.15, -0.1) is 11.7 Å². The number of nitrogens with two attached hydrogens (primary N) is 1. The lowest BCUT2D eigenvalue weighted by atomic mass is 10.0. The first-order chi connectivity index (χ1) is 20.9. The van der Waals surface area contributed by atoms with E-state index in [-0.39, 0.29) is 45.4 Å². The molecule has 228 valence electrons. The van der Waals surface area contributed by atoms with Crippen LogP contribution in [0.15, 0.2) is 78.6 Å². The molecule has 44 heavy (non-hydrogen) atoms. The number of halogens is 6. The number of methoxy groups -OCH3 is 1. The molecule has 0 aliphatic rings. The van der Waals surface area contributed by atoms with Gasteiger partial charge in [0.1, 0.15) is 5.75 Å². The van der Waals surface area contributed by atoms with Crippen molar-refractivity contribution in [3.8, 4) is 33.8 Å². The molecular formula is C28H22ClF5N8O2. The highest BCUT2D eigenvalue weighted by Crippen LogP contribution is 2.37. The average molecular weight is 633 g/mol. The lowest BCUT2D eigenvalue weighted by molar-refractivity contribution is -0.141. The normalized spacial score (nSPS) is 12.5. The summed E-state index contributed by atoms with van der Waals surface area (Å²) < 4.78 is 75.2. The van der Waals surface area contributed by atoms with Crippen molar-refractivity contribution in [2.24, 2.45) is 0 Å². The van der Waals surface area contributed by atoms with Crippen molar-refractivity contribution in [3.63, 3.8) is 0 Å². The highest BCUT2D eigenvalue weighted by atomic mass is 35.5. The van der Waals surface area contributed by atoms with Gasteiger partial charge in [-0.25, -0.2) is 9.36 Å². The molecule has 0 amide bonds. The van der Waals surface area contributed by atoms with E-state index in [1.165, 1.54) is 60.5 Å². The molecule has 16 heteroatoms. The number of hydrogen-bond donors (Lipinski definition) is 1. The van der Waals surface area contributed by atoms with E-state index >= 15 is 0 Å². The summed E-state index contributed by atoms with van der Waals surface area (Å²) in [5.41, 5.74) is 5.41. The average Bonchev–Trinajstić information content (AvgIpc) is 3.64. The van der Waals surface area contributed by atoms with Gasteiger partial charge < -0.3 is 15.0 Å². The molecule has 4 heterocycles. The Morgan fingerprint density at radius 3 is 2.57 bits per heavy atom. The molecule has 0 bridgehead atoms. The van der Waals surface area contributed by atoms with Crippen LogP contribution in [0.1, 0.15) is 30.4 Å². The number of alkyl halides is 5. The minimum absolute atomic E-state index is 0.0171. The van der Waals surface area contributed by atoms with Crippen LogP contribution in [0.4, 0.5) is 27.6 Å². The number of rotatable bonds is 9. The van der Waals surface area contributed by atoms with Crippen molar-refractivity contribution in [1.82, 2.24) is 34.3 Å². The van der Waals surface area contributed by atoms with Crippen LogP contribution in [-0.4, -0.2) is 41.4 Å². The molecular weight excluding hydrogens is 611 g/mol. The van der Waals surface area contributed by atoms with Crippen LogP contribution in [0, 0.1) is 0 Å². The maximum absolute atomic E-state index is 13.6. The van der Waals surface area contributed by atoms with Crippen molar-refractivity contribution >= 4 is 17.3 Å². The number of benzene rings is 1. The summed E-state index contributed by atoms with van der Waals surface area (Å²) in [5, 5.41) is 10.7. The van der Waals surface area contributed by atoms with Gasteiger partial charge in [-0.3, -0.25) is 9.78 Å². The summed E-state index contributed by atoms with van der Waals surface area (Å²) in [5.74, 6) is 0.162. The molecule has 2 N–H and O–H groups in total. The molecule has 0 saturated carbocycles. The first kappa shape index (κ1) is 30.4. The summed E-state index contributed by atoms with van der Waals surface area (Å²) in [6.45, 7) is 0.821. The minimum Gasteiger partial charge on any atom is -0.495 e. The minimum atomic E-state index is -4.72. The lowest BCUT2D eigenvalue weighted by Gasteiger charge is -2.21. The standard InChI is InChI=1S/C28H22ClF5N8O2/c1-3-4-22(20-9-15(7-8-36-20)26-19(35)12-37-42(26)27(30)31)40-13-23(44-2)18(11-25(40)43)17-10-16(29)5-6-21(17)41-14-24(38-39-41)28(32,33)34/h3,5-14,22,27H,1,4,35H2,2H3. The number of allylic oxidation sites excluding steroid dienone is 1. The molecule has 0 spiro atoms. The van der Waals surface area contributed by atoms with Crippen molar-refractivity contribution in [1.29, 1.82) is 0 Å². The van der Waals surface area contributed by atoms with Crippen molar-refractivity contribution < 1.29 is 26.7 Å². The van der Waals surface area contributed by atoms with Crippen molar-refractivity contribution in [2.75, 3.05) is 12.8 Å². The Labute approximate surface area is 250 Å². The lowest BCUT2D eigenvalue weighted by Crippen LogP contribution is -2.25. The highest BCUT2D eigenvalue weighted by Gasteiger charge is 2.35. The van der Waals surface area contributed by atoms with Crippen LogP contribution in [0.5, 0.6) is 5.75 Å². The molecule has 0 saturated heterocycles. The number of nitrogen functional groups attached to an aromatic ring is 1. The second kappa shape index (κ2) is 11.9. The van der Waals surface area contributed by atoms with Crippen LogP contribution in [-0.2, 0) is 6.18 Å². The van der Waals surface area contributed by atoms with Crippen LogP contribution in [0.3, 0.4) is 0 Å². The fourth-order valence-electron chi connectivity index (χ4n) is 4.72. The van der Waals surface area contributed by atoms with Crippen molar-refractivity contribution in [3.05, 3.63) is 101 Å². The van der Waals surface area contributed by atoms with Gasteiger partial charge in [0, 0.05) is 34.0 Å². The fourth-order valence-corrected chi connectivity index (χ4v) is 4.89. The van der Waals surface area contributed by atoms with Crippen molar-refractivity contribution in [2.45, 2.75) is 25.2 Å². The van der Waals surface area contributed by atoms with Gasteiger partial charge in [0.05, 0.1) is 54.5 Å². The molecule has 0 aliphatic heterocycles. The van der Waals surface area contributed by atoms with Crippen LogP contribution < -0.4 is 16.0 Å². The van der Waals surface area contributed by atoms with Gasteiger partial charge in [0.2, 0.25) is 0 Å². The Morgan fingerprint density at radius 1 is 1.14 bits per heavy atom. The number of pyridine rings is 2. The number of nitrogens with zero attached hydrogens (tertiary/aromatic N) is 7. The number of anilines is 1. The Morgan fingerprint density at radius 2 is 1.91 bits per heavy atom. The molecule has 4 aromatic heterocycles. The highest BCUT2D eigenvalue weighted by molar-refractivity contribution is 6.31. The van der Waals surface area contributed by atoms with E-state index in [9.17, 15) is 26.7 Å². The first-order valence-corrected chi connectivity index (χ1v) is 13.1. The molecule has 10 nitrogen and oxygen atoms in total. The molecule has 0 aliphatic carbocycles. The van der Waals surface area contributed by atoms with Crippen LogP contribution >= 0.6 is 11.6 Å². The third kappa shape index (κ3) is 5.77. The maximum Gasteiger partial charge on any atom is 0.436 e. The largest absolute Gasteiger partial charge is 0.495 e. The number of hydrogen-bond acceptors (Lipinski definition) is 7. The van der Waals surface area contributed by atoms with Gasteiger partial charge in [-0.2, -0.15) is 27.1 Å². The van der Waals surface area contributed by atoms with E-state index in [1.807, 2.05) is 0 Å². The SMILES string of the molecule is C=CCC(c1cc(-c2c(N)cnn2C(F)F)ccn1)n1cc(OC)c(-c2cc(Cl)ccc2-n2cc(C(F)(F)F)nn2)cc1=O. The molecule has 0 radical (unpaired) electrons. The summed E-state index contributed by atoms with van der Waals surface area (Å²) >= 11 is 6.24. The van der Waals surface area contributed by atoms with E-state index < -0.39 is 30.0 Å². The zero-order valence-corrected chi connectivity index (χ0v) is 23.5. The smallest absolute Gasteiger partial charge is 0.436 e. The molecule has 1 unspecified atom stereocenters. The second-order valence-corrected chi connectivity index (χ2v) is 9.83. The molecule has 5 aromatic rings. The summed E-state index contributed by atoms with van der Waals surface area (Å²) in [4.78, 5) is 18.0. The fraction of sp³-hybridized carbons (Fsp3) is 0.179. The zero-order valence-electron chi connectivity index (χ0n) is 22.7. The second-order valence-electron chi connectivity index (χ2n) is 9.39. The third-order valence-electron chi connectivity index (χ3n) is 6.67. The van der Waals surface area contributed by atoms with Gasteiger partial charge in [0.15, 0.2) is 5.69 Å². The molecule has 1 atom stereocenters. The summed E-state index contributed by atoms with van der Waals surface area (Å²) in [6.07, 6.45) is 1.66. The molecule has 1 aromatic carbocycles. The van der Waals surface area contributed by atoms with E-state index in [4.69, 9.17) is 22.1 Å². The van der Waals surface area contributed by atoms with Gasteiger partial charge >= 0.3 is 12.7 Å². The maximum atomic E-state index is 13.6. The van der Waals surface area contributed by atoms with E-state index in [1.54, 1.807) is 6.08 Å². The van der Waals surface area contributed by atoms with Crippen LogP contribution in [0.25, 0.3) is 28.1 Å². The topological polar surface area (TPSA) is 119 Å². The van der Waals surface area contributed by atoms with E-state index in [0.717, 1.165) is 10.9 Å². The van der Waals surface area contributed by atoms with Gasteiger partial charge in [-0.1, -0.05) is 22.9 Å². The van der Waals surface area contributed by atoms with Gasteiger partial charge in [0.25, 0.3) is 5.56 Å². The Kier molecular flexibility index (Phi) is 8.23. The van der Waals surface area contributed by atoms with E-state index in [2.05, 4.69) is 27.0 Å². The quantitative estimate of drug-likeness (QED) is 0.152. The Bertz CT molecular complexity index is 1900.